The van der Waals surface area contributed by atoms with Crippen molar-refractivity contribution in [2.75, 3.05) is 0 Å². The molecule has 1 aliphatic heterocycles. The molecule has 0 amide bonds. The van der Waals surface area contributed by atoms with Crippen molar-refractivity contribution in [1.29, 1.82) is 0 Å². The molecule has 7 nitrogen and oxygen atoms in total. The smallest absolute Gasteiger partial charge is 0.387 e. The van der Waals surface area contributed by atoms with Crippen molar-refractivity contribution in [2.45, 2.75) is 26.2 Å². The second-order valence-electron chi connectivity index (χ2n) is 5.05. The van der Waals surface area contributed by atoms with Crippen LogP contribution in [0.2, 0.25) is 10.0 Å². The van der Waals surface area contributed by atoms with Crippen LogP contribution in [0.15, 0.2) is 18.3 Å². The molecule has 1 atom stereocenters. The van der Waals surface area contributed by atoms with E-state index in [1.54, 1.807) is 10.7 Å². The number of carbonyl (C=O) groups is 2. The molecule has 1 aromatic heterocycles. The zero-order valence-corrected chi connectivity index (χ0v) is 14.0. The highest BCUT2D eigenvalue weighted by atomic mass is 35.5. The Balaban J connectivity index is 2.03. The third-order valence-electron chi connectivity index (χ3n) is 3.42. The first-order chi connectivity index (χ1) is 11.4. The Bertz CT molecular complexity index is 834. The van der Waals surface area contributed by atoms with Crippen molar-refractivity contribution in [3.8, 4) is 11.5 Å². The highest BCUT2D eigenvalue weighted by Gasteiger charge is 2.35. The Morgan fingerprint density at radius 1 is 1.33 bits per heavy atom. The topological polar surface area (TPSA) is 90.7 Å². The minimum absolute atomic E-state index is 0.00711. The van der Waals surface area contributed by atoms with E-state index < -0.39 is 18.0 Å². The standard InChI is InChI=1S/C15H12Cl2N2O5/c1-2-5-19-8(3-4-18-19)12(20)7-6-9-13(11(17)10(7)16)24-15(23-9)14(21)22/h3-4,6,15H,2,5H2,1H3,(H,21,22). The predicted molar refractivity (Wildman–Crippen MR) is 85.1 cm³/mol. The van der Waals surface area contributed by atoms with Crippen LogP contribution in [0.4, 0.5) is 0 Å². The summed E-state index contributed by atoms with van der Waals surface area (Å²) in [5, 5.41) is 13.0. The van der Waals surface area contributed by atoms with Crippen LogP contribution in [0.3, 0.4) is 0 Å². The quantitative estimate of drug-likeness (QED) is 0.813. The molecule has 0 radical (unpaired) electrons. The highest BCUT2D eigenvalue weighted by Crippen LogP contribution is 2.46. The number of aliphatic carboxylic acids is 1. The molecule has 3 rings (SSSR count). The van der Waals surface area contributed by atoms with Gasteiger partial charge in [-0.1, -0.05) is 30.1 Å². The van der Waals surface area contributed by atoms with Crippen LogP contribution in [0.5, 0.6) is 11.5 Å². The van der Waals surface area contributed by atoms with Gasteiger partial charge in [0.25, 0.3) is 0 Å². The molecule has 1 aromatic carbocycles. The second-order valence-corrected chi connectivity index (χ2v) is 5.81. The predicted octanol–water partition coefficient (Wildman–Crippen LogP) is 3.01. The van der Waals surface area contributed by atoms with Crippen LogP contribution in [0.25, 0.3) is 0 Å². The summed E-state index contributed by atoms with van der Waals surface area (Å²) in [5.74, 6) is -1.64. The fourth-order valence-corrected chi connectivity index (χ4v) is 2.82. The van der Waals surface area contributed by atoms with E-state index in [1.807, 2.05) is 6.92 Å². The van der Waals surface area contributed by atoms with E-state index in [4.69, 9.17) is 37.8 Å². The number of aryl methyl sites for hydroxylation is 1. The number of aromatic nitrogens is 2. The van der Waals surface area contributed by atoms with Crippen LogP contribution in [-0.4, -0.2) is 32.9 Å². The van der Waals surface area contributed by atoms with E-state index in [2.05, 4.69) is 5.10 Å². The maximum absolute atomic E-state index is 12.8. The average Bonchev–Trinajstić information content (AvgIpc) is 3.17. The summed E-state index contributed by atoms with van der Waals surface area (Å²) < 4.78 is 11.8. The maximum Gasteiger partial charge on any atom is 0.387 e. The molecular formula is C15H12Cl2N2O5. The molecular weight excluding hydrogens is 359 g/mol. The summed E-state index contributed by atoms with van der Waals surface area (Å²) in [7, 11) is 0. The van der Waals surface area contributed by atoms with Gasteiger partial charge in [0.05, 0.1) is 5.02 Å². The number of carbonyl (C=O) groups excluding carboxylic acids is 1. The third-order valence-corrected chi connectivity index (χ3v) is 4.27. The SMILES string of the molecule is CCCn1nccc1C(=O)c1cc2c(c(Cl)c1Cl)OC(C(=O)O)O2. The summed E-state index contributed by atoms with van der Waals surface area (Å²) in [6.07, 6.45) is 0.800. The van der Waals surface area contributed by atoms with Crippen LogP contribution in [0.1, 0.15) is 29.4 Å². The fraction of sp³-hybridized carbons (Fsp3) is 0.267. The van der Waals surface area contributed by atoms with Gasteiger partial charge in [-0.2, -0.15) is 5.10 Å². The molecule has 0 bridgehead atoms. The van der Waals surface area contributed by atoms with Crippen LogP contribution < -0.4 is 9.47 Å². The van der Waals surface area contributed by atoms with Gasteiger partial charge in [0.2, 0.25) is 5.78 Å². The number of carboxylic acid groups (broad SMARTS) is 1. The Labute approximate surface area is 146 Å². The minimum atomic E-state index is -1.52. The number of halogens is 2. The zero-order chi connectivity index (χ0) is 17.4. The first-order valence-electron chi connectivity index (χ1n) is 7.08. The summed E-state index contributed by atoms with van der Waals surface area (Å²) in [6.45, 7) is 2.54. The van der Waals surface area contributed by atoms with Gasteiger partial charge in [-0.15, -0.1) is 0 Å². The van der Waals surface area contributed by atoms with Gasteiger partial charge >= 0.3 is 12.3 Å². The number of ether oxygens (including phenoxy) is 2. The van der Waals surface area contributed by atoms with Crippen molar-refractivity contribution in [2.24, 2.45) is 0 Å². The normalized spacial score (nSPS) is 15.5. The summed E-state index contributed by atoms with van der Waals surface area (Å²) in [6, 6.07) is 2.91. The first kappa shape index (κ1) is 16.6. The highest BCUT2D eigenvalue weighted by molar-refractivity contribution is 6.45. The van der Waals surface area contributed by atoms with Crippen molar-refractivity contribution in [3.63, 3.8) is 0 Å². The fourth-order valence-electron chi connectivity index (χ4n) is 2.35. The van der Waals surface area contributed by atoms with E-state index in [0.717, 1.165) is 6.42 Å². The van der Waals surface area contributed by atoms with Gasteiger partial charge in [-0.05, 0) is 18.6 Å². The van der Waals surface area contributed by atoms with Crippen LogP contribution in [-0.2, 0) is 11.3 Å². The largest absolute Gasteiger partial charge is 0.476 e. The number of ketones is 1. The van der Waals surface area contributed by atoms with Crippen LogP contribution >= 0.6 is 23.2 Å². The van der Waals surface area contributed by atoms with Crippen molar-refractivity contribution < 1.29 is 24.2 Å². The van der Waals surface area contributed by atoms with Crippen molar-refractivity contribution >= 4 is 35.0 Å². The first-order valence-corrected chi connectivity index (χ1v) is 7.84. The lowest BCUT2D eigenvalue weighted by atomic mass is 10.1. The number of benzene rings is 1. The molecule has 1 N–H and O–H groups in total. The number of hydrogen-bond acceptors (Lipinski definition) is 5. The number of hydrogen-bond donors (Lipinski definition) is 1. The van der Waals surface area contributed by atoms with Gasteiger partial charge in [0, 0.05) is 18.3 Å². The molecule has 1 unspecified atom stereocenters. The molecule has 0 saturated heterocycles. The van der Waals surface area contributed by atoms with Gasteiger partial charge in [0.1, 0.15) is 10.7 Å². The molecule has 0 saturated carbocycles. The lowest BCUT2D eigenvalue weighted by molar-refractivity contribution is -0.154. The number of rotatable bonds is 5. The van der Waals surface area contributed by atoms with Crippen molar-refractivity contribution in [3.05, 3.63) is 39.6 Å². The molecule has 0 aliphatic carbocycles. The van der Waals surface area contributed by atoms with Crippen molar-refractivity contribution in [1.82, 2.24) is 9.78 Å². The second kappa shape index (κ2) is 6.33. The molecule has 0 fully saturated rings. The van der Waals surface area contributed by atoms with Gasteiger partial charge in [-0.3, -0.25) is 9.48 Å². The number of nitrogens with zero attached hydrogens (tertiary/aromatic N) is 2. The summed E-state index contributed by atoms with van der Waals surface area (Å²) >= 11 is 12.3. The monoisotopic (exact) mass is 370 g/mol. The van der Waals surface area contributed by atoms with Gasteiger partial charge in [0.15, 0.2) is 11.5 Å². The maximum atomic E-state index is 12.8. The van der Waals surface area contributed by atoms with E-state index in [9.17, 15) is 9.59 Å². The van der Waals surface area contributed by atoms with Gasteiger partial charge in [-0.25, -0.2) is 4.79 Å². The summed E-state index contributed by atoms with van der Waals surface area (Å²) in [4.78, 5) is 23.8. The molecule has 24 heavy (non-hydrogen) atoms. The third kappa shape index (κ3) is 2.70. The Hall–Kier alpha value is -2.25. The minimum Gasteiger partial charge on any atom is -0.476 e. The van der Waals surface area contributed by atoms with Crippen LogP contribution in [0, 0.1) is 0 Å². The van der Waals surface area contributed by atoms with E-state index in [0.29, 0.717) is 12.2 Å². The summed E-state index contributed by atoms with van der Waals surface area (Å²) in [5.41, 5.74) is 0.441. The molecule has 9 heteroatoms. The molecule has 0 spiro atoms. The average molecular weight is 371 g/mol. The Kier molecular flexibility index (Phi) is 4.38. The lowest BCUT2D eigenvalue weighted by Crippen LogP contribution is -2.28. The Morgan fingerprint density at radius 2 is 2.08 bits per heavy atom. The number of fused-ring (bicyclic) bond motifs is 1. The lowest BCUT2D eigenvalue weighted by Gasteiger charge is -2.09. The molecule has 126 valence electrons. The molecule has 2 heterocycles. The Morgan fingerprint density at radius 3 is 2.75 bits per heavy atom. The van der Waals surface area contributed by atoms with Gasteiger partial charge < -0.3 is 14.6 Å². The van der Waals surface area contributed by atoms with E-state index >= 15 is 0 Å². The number of carboxylic acids is 1. The molecule has 2 aromatic rings. The zero-order valence-electron chi connectivity index (χ0n) is 12.5. The van der Waals surface area contributed by atoms with E-state index in [1.165, 1.54) is 12.3 Å². The van der Waals surface area contributed by atoms with E-state index in [-0.39, 0.29) is 27.1 Å². The molecule has 1 aliphatic rings.